The summed E-state index contributed by atoms with van der Waals surface area (Å²) in [4.78, 5) is 1.64. The van der Waals surface area contributed by atoms with Gasteiger partial charge in [0, 0.05) is 14.3 Å². The fourth-order valence-electron chi connectivity index (χ4n) is 2.62. The third kappa shape index (κ3) is 6.03. The minimum Gasteiger partial charge on any atom is -0.494 e. The average Bonchev–Trinajstić information content (AvgIpc) is 2.72. The van der Waals surface area contributed by atoms with E-state index in [4.69, 9.17) is 8.92 Å². The van der Waals surface area contributed by atoms with Gasteiger partial charge in [0.1, 0.15) is 16.4 Å². The Balaban J connectivity index is 1.87. The maximum absolute atomic E-state index is 13.0. The van der Waals surface area contributed by atoms with Crippen LogP contribution in [0.2, 0.25) is 0 Å². The highest BCUT2D eigenvalue weighted by Crippen LogP contribution is 2.37. The van der Waals surface area contributed by atoms with Crippen LogP contribution < -0.4 is 8.92 Å². The molecule has 0 amide bonds. The Morgan fingerprint density at radius 3 is 2.33 bits per heavy atom. The summed E-state index contributed by atoms with van der Waals surface area (Å²) in [6.45, 7) is 4.73. The van der Waals surface area contributed by atoms with Gasteiger partial charge < -0.3 is 8.92 Å². The van der Waals surface area contributed by atoms with E-state index in [0.29, 0.717) is 16.0 Å². The molecular weight excluding hydrogens is 484 g/mol. The van der Waals surface area contributed by atoms with Gasteiger partial charge in [0.05, 0.1) is 6.61 Å². The number of ether oxygens (including phenoxy) is 1. The van der Waals surface area contributed by atoms with E-state index >= 15 is 0 Å². The van der Waals surface area contributed by atoms with E-state index in [-0.39, 0.29) is 10.6 Å². The van der Waals surface area contributed by atoms with E-state index in [1.807, 2.05) is 37.3 Å². The van der Waals surface area contributed by atoms with E-state index < -0.39 is 10.1 Å². The lowest BCUT2D eigenvalue weighted by Crippen LogP contribution is -2.11. The Bertz CT molecular complexity index is 1080. The quantitative estimate of drug-likeness (QED) is 0.234. The van der Waals surface area contributed by atoms with Gasteiger partial charge in [0.2, 0.25) is 0 Å². The van der Waals surface area contributed by atoms with E-state index in [1.54, 1.807) is 36.4 Å². The van der Waals surface area contributed by atoms with E-state index in [0.717, 1.165) is 29.1 Å². The lowest BCUT2D eigenvalue weighted by atomic mass is 10.2. The van der Waals surface area contributed by atoms with E-state index in [9.17, 15) is 8.42 Å². The molecule has 3 aromatic rings. The average molecular weight is 507 g/mol. The molecule has 0 bridgehead atoms. The first kappa shape index (κ1) is 22.7. The highest BCUT2D eigenvalue weighted by molar-refractivity contribution is 9.10. The molecule has 0 radical (unpaired) electrons. The molecule has 3 rings (SSSR count). The predicted octanol–water partition coefficient (Wildman–Crippen LogP) is 6.86. The van der Waals surface area contributed by atoms with Gasteiger partial charge in [-0.15, -0.1) is 0 Å². The van der Waals surface area contributed by atoms with E-state index in [1.165, 1.54) is 11.8 Å². The summed E-state index contributed by atoms with van der Waals surface area (Å²) in [5.41, 5.74) is 0.940. The Hall–Kier alpha value is -1.96. The largest absolute Gasteiger partial charge is 0.494 e. The van der Waals surface area contributed by atoms with Crippen molar-refractivity contribution in [1.29, 1.82) is 0 Å². The van der Waals surface area contributed by atoms with Crippen LogP contribution in [0.5, 0.6) is 11.5 Å². The Kier molecular flexibility index (Phi) is 7.86. The first-order chi connectivity index (χ1) is 14.4. The maximum atomic E-state index is 13.0. The van der Waals surface area contributed by atoms with Crippen LogP contribution in [0.4, 0.5) is 0 Å². The maximum Gasteiger partial charge on any atom is 0.340 e. The molecule has 0 heterocycles. The summed E-state index contributed by atoms with van der Waals surface area (Å²) in [7, 11) is -4.00. The van der Waals surface area contributed by atoms with Crippen molar-refractivity contribution in [3.63, 3.8) is 0 Å². The second kappa shape index (κ2) is 10.4. The van der Waals surface area contributed by atoms with Gasteiger partial charge in [-0.3, -0.25) is 0 Å². The zero-order chi connectivity index (χ0) is 21.6. The topological polar surface area (TPSA) is 52.6 Å². The minimum atomic E-state index is -4.00. The summed E-state index contributed by atoms with van der Waals surface area (Å²) in [6, 6.07) is 19.6. The highest BCUT2D eigenvalue weighted by Gasteiger charge is 2.23. The van der Waals surface area contributed by atoms with Crippen LogP contribution in [0.25, 0.3) is 0 Å². The number of hydrogen-bond donors (Lipinski definition) is 0. The fraction of sp³-hybridized carbons (Fsp3) is 0.217. The summed E-state index contributed by atoms with van der Waals surface area (Å²) < 4.78 is 37.8. The molecule has 3 aromatic carbocycles. The van der Waals surface area contributed by atoms with Crippen molar-refractivity contribution in [1.82, 2.24) is 0 Å². The first-order valence-corrected chi connectivity index (χ1v) is 12.6. The van der Waals surface area contributed by atoms with E-state index in [2.05, 4.69) is 22.9 Å². The molecule has 0 unspecified atom stereocenters. The van der Waals surface area contributed by atoms with Gasteiger partial charge in [-0.1, -0.05) is 59.2 Å². The zero-order valence-corrected chi connectivity index (χ0v) is 20.0. The molecule has 0 spiro atoms. The summed E-state index contributed by atoms with van der Waals surface area (Å²) in [5.74, 6) is 1.08. The Morgan fingerprint density at radius 1 is 0.967 bits per heavy atom. The number of rotatable bonds is 9. The van der Waals surface area contributed by atoms with Crippen LogP contribution in [0.1, 0.15) is 25.3 Å². The van der Waals surface area contributed by atoms with Gasteiger partial charge in [-0.25, -0.2) is 0 Å². The summed E-state index contributed by atoms with van der Waals surface area (Å²) in [5, 5.41) is 0. The number of hydrogen-bond acceptors (Lipinski definition) is 5. The van der Waals surface area contributed by atoms with Crippen LogP contribution in [-0.4, -0.2) is 15.0 Å². The number of benzene rings is 3. The molecule has 0 aliphatic heterocycles. The van der Waals surface area contributed by atoms with Crippen LogP contribution in [0.15, 0.2) is 85.9 Å². The molecular formula is C23H23BrO4S2. The van der Waals surface area contributed by atoms with Gasteiger partial charge >= 0.3 is 10.1 Å². The smallest absolute Gasteiger partial charge is 0.340 e. The van der Waals surface area contributed by atoms with Crippen LogP contribution >= 0.6 is 27.7 Å². The van der Waals surface area contributed by atoms with Crippen molar-refractivity contribution in [3.8, 4) is 11.5 Å². The molecule has 0 aliphatic rings. The highest BCUT2D eigenvalue weighted by atomic mass is 79.9. The molecule has 0 fully saturated rings. The van der Waals surface area contributed by atoms with Gasteiger partial charge in [0.15, 0.2) is 0 Å². The van der Waals surface area contributed by atoms with Gasteiger partial charge in [-0.05, 0) is 67.4 Å². The van der Waals surface area contributed by atoms with Crippen molar-refractivity contribution >= 4 is 37.8 Å². The van der Waals surface area contributed by atoms with Crippen molar-refractivity contribution in [2.45, 2.75) is 41.4 Å². The number of para-hydroxylation sites is 1. The second-order valence-electron chi connectivity index (χ2n) is 6.67. The molecule has 0 aliphatic carbocycles. The van der Waals surface area contributed by atoms with Crippen molar-refractivity contribution in [2.75, 3.05) is 6.61 Å². The fourth-order valence-corrected chi connectivity index (χ4v) is 5.49. The monoisotopic (exact) mass is 506 g/mol. The van der Waals surface area contributed by atoms with Gasteiger partial charge in [-0.2, -0.15) is 8.42 Å². The SMILES string of the molecule is CCCCOc1ccc(Sc2cc(C)c(Br)cc2S(=O)(=O)Oc2ccccc2)cc1. The normalized spacial score (nSPS) is 11.3. The van der Waals surface area contributed by atoms with Gasteiger partial charge in [0.25, 0.3) is 0 Å². The Morgan fingerprint density at radius 2 is 1.67 bits per heavy atom. The van der Waals surface area contributed by atoms with Crippen LogP contribution in [0, 0.1) is 6.92 Å². The third-order valence-corrected chi connectivity index (χ3v) is 7.60. The standard InChI is InChI=1S/C23H23BrO4S2/c1-3-4-14-27-18-10-12-20(13-11-18)29-22-15-17(2)21(24)16-23(22)30(25,26)28-19-8-6-5-7-9-19/h5-13,15-16H,3-4,14H2,1-2H3. The summed E-state index contributed by atoms with van der Waals surface area (Å²) in [6.07, 6.45) is 2.09. The molecule has 0 atom stereocenters. The molecule has 0 N–H and O–H groups in total. The predicted molar refractivity (Wildman–Crippen MR) is 124 cm³/mol. The minimum absolute atomic E-state index is 0.122. The first-order valence-electron chi connectivity index (χ1n) is 9.59. The van der Waals surface area contributed by atoms with Crippen molar-refractivity contribution in [2.24, 2.45) is 0 Å². The second-order valence-corrected chi connectivity index (χ2v) is 10.2. The van der Waals surface area contributed by atoms with Crippen LogP contribution in [0.3, 0.4) is 0 Å². The zero-order valence-electron chi connectivity index (χ0n) is 16.8. The molecule has 0 aromatic heterocycles. The lowest BCUT2D eigenvalue weighted by molar-refractivity contribution is 0.309. The molecule has 0 saturated heterocycles. The third-order valence-electron chi connectivity index (χ3n) is 4.26. The Labute approximate surface area is 190 Å². The summed E-state index contributed by atoms with van der Waals surface area (Å²) >= 11 is 4.81. The number of unbranched alkanes of at least 4 members (excludes halogenated alkanes) is 1. The van der Waals surface area contributed by atoms with Crippen molar-refractivity contribution < 1.29 is 17.3 Å². The molecule has 158 valence electrons. The van der Waals surface area contributed by atoms with Crippen LogP contribution in [-0.2, 0) is 10.1 Å². The van der Waals surface area contributed by atoms with Crippen molar-refractivity contribution in [3.05, 3.63) is 76.8 Å². The lowest BCUT2D eigenvalue weighted by Gasteiger charge is -2.13. The number of aryl methyl sites for hydroxylation is 1. The molecule has 30 heavy (non-hydrogen) atoms. The number of halogens is 1. The molecule has 4 nitrogen and oxygen atoms in total. The molecule has 7 heteroatoms. The molecule has 0 saturated carbocycles.